The van der Waals surface area contributed by atoms with Crippen molar-refractivity contribution in [1.29, 1.82) is 0 Å². The van der Waals surface area contributed by atoms with Crippen LogP contribution in [0.2, 0.25) is 0 Å². The first-order chi connectivity index (χ1) is 12.0. The summed E-state index contributed by atoms with van der Waals surface area (Å²) in [5, 5.41) is 0. The molecule has 1 aliphatic carbocycles. The number of carbonyl (C=O) groups is 1. The third kappa shape index (κ3) is 3.13. The summed E-state index contributed by atoms with van der Waals surface area (Å²) in [6, 6.07) is 14.4. The van der Waals surface area contributed by atoms with E-state index in [0.29, 0.717) is 5.56 Å². The molecular weight excluding hydrogens is 308 g/mol. The highest BCUT2D eigenvalue weighted by molar-refractivity contribution is 5.96. The number of hydrogen-bond acceptors (Lipinski definition) is 2. The van der Waals surface area contributed by atoms with Crippen molar-refractivity contribution in [3.05, 3.63) is 65.2 Å². The maximum Gasteiger partial charge on any atom is 0.338 e. The molecule has 2 heteroatoms. The Morgan fingerprint density at radius 2 is 1.84 bits per heavy atom. The average molecular weight is 334 g/mol. The molecule has 0 heterocycles. The molecule has 2 nitrogen and oxygen atoms in total. The van der Waals surface area contributed by atoms with Gasteiger partial charge in [-0.15, -0.1) is 0 Å². The quantitative estimate of drug-likeness (QED) is 0.650. The smallest absolute Gasteiger partial charge is 0.338 e. The van der Waals surface area contributed by atoms with Gasteiger partial charge in [0.15, 0.2) is 0 Å². The summed E-state index contributed by atoms with van der Waals surface area (Å²) in [4.78, 5) is 12.3. The summed E-state index contributed by atoms with van der Waals surface area (Å²) in [6.45, 7) is 6.71. The fraction of sp³-hybridized carbons (Fsp3) is 0.348. The normalized spacial score (nSPS) is 15.8. The highest BCUT2D eigenvalue weighted by Crippen LogP contribution is 2.48. The van der Waals surface area contributed by atoms with E-state index in [9.17, 15) is 4.79 Å². The zero-order chi connectivity index (χ0) is 18.0. The van der Waals surface area contributed by atoms with Gasteiger partial charge >= 0.3 is 5.97 Å². The molecule has 2 aromatic carbocycles. The van der Waals surface area contributed by atoms with Crippen molar-refractivity contribution in [3.8, 4) is 11.1 Å². The summed E-state index contributed by atoms with van der Waals surface area (Å²) in [7, 11) is 1.45. The molecule has 1 aliphatic rings. The molecule has 0 amide bonds. The second kappa shape index (κ2) is 6.87. The predicted molar refractivity (Wildman–Crippen MR) is 104 cm³/mol. The molecule has 2 aromatic rings. The van der Waals surface area contributed by atoms with Crippen LogP contribution in [0, 0.1) is 5.41 Å². The van der Waals surface area contributed by atoms with Crippen LogP contribution in [0.4, 0.5) is 0 Å². The summed E-state index contributed by atoms with van der Waals surface area (Å²) >= 11 is 0. The van der Waals surface area contributed by atoms with E-state index in [1.54, 1.807) is 0 Å². The van der Waals surface area contributed by atoms with Crippen LogP contribution >= 0.6 is 0 Å². The monoisotopic (exact) mass is 334 g/mol. The van der Waals surface area contributed by atoms with Crippen molar-refractivity contribution >= 4 is 11.5 Å². The second-order valence-electron chi connectivity index (χ2n) is 7.27. The van der Waals surface area contributed by atoms with Gasteiger partial charge in [-0.1, -0.05) is 63.2 Å². The molecule has 0 saturated heterocycles. The van der Waals surface area contributed by atoms with Crippen molar-refractivity contribution in [2.45, 2.75) is 40.0 Å². The van der Waals surface area contributed by atoms with Gasteiger partial charge in [0.2, 0.25) is 0 Å². The SMILES string of the molecule is CCc1c(C(=O)OC)ccc(-c2ccccc2)c1C1=CCCC1(C)C. The fourth-order valence-electron chi connectivity index (χ4n) is 3.91. The van der Waals surface area contributed by atoms with Crippen LogP contribution < -0.4 is 0 Å². The molecule has 0 N–H and O–H groups in total. The molecule has 0 saturated carbocycles. The van der Waals surface area contributed by atoms with Crippen LogP contribution in [0.1, 0.15) is 55.1 Å². The van der Waals surface area contributed by atoms with Gasteiger partial charge < -0.3 is 4.74 Å². The van der Waals surface area contributed by atoms with Gasteiger partial charge in [0.1, 0.15) is 0 Å². The Balaban J connectivity index is 2.32. The van der Waals surface area contributed by atoms with E-state index < -0.39 is 0 Å². The zero-order valence-corrected chi connectivity index (χ0v) is 15.6. The summed E-state index contributed by atoms with van der Waals surface area (Å²) in [5.74, 6) is -0.255. The Hall–Kier alpha value is -2.35. The number of allylic oxidation sites excluding steroid dienone is 2. The van der Waals surface area contributed by atoms with Gasteiger partial charge in [0.05, 0.1) is 12.7 Å². The van der Waals surface area contributed by atoms with Crippen LogP contribution in [0.5, 0.6) is 0 Å². The van der Waals surface area contributed by atoms with Crippen molar-refractivity contribution in [2.24, 2.45) is 5.41 Å². The van der Waals surface area contributed by atoms with Crippen molar-refractivity contribution in [1.82, 2.24) is 0 Å². The van der Waals surface area contributed by atoms with Gasteiger partial charge in [-0.3, -0.25) is 0 Å². The molecule has 0 aromatic heterocycles. The molecule has 3 rings (SSSR count). The number of rotatable bonds is 4. The first-order valence-corrected chi connectivity index (χ1v) is 9.00. The first-order valence-electron chi connectivity index (χ1n) is 9.00. The van der Waals surface area contributed by atoms with Gasteiger partial charge in [0, 0.05) is 0 Å². The van der Waals surface area contributed by atoms with E-state index in [4.69, 9.17) is 4.74 Å². The lowest BCUT2D eigenvalue weighted by molar-refractivity contribution is 0.0599. The lowest BCUT2D eigenvalue weighted by atomic mass is 9.76. The van der Waals surface area contributed by atoms with Crippen molar-refractivity contribution < 1.29 is 9.53 Å². The Kier molecular flexibility index (Phi) is 4.80. The predicted octanol–water partition coefficient (Wildman–Crippen LogP) is 5.91. The minimum Gasteiger partial charge on any atom is -0.465 e. The second-order valence-corrected chi connectivity index (χ2v) is 7.27. The van der Waals surface area contributed by atoms with E-state index in [-0.39, 0.29) is 11.4 Å². The lowest BCUT2D eigenvalue weighted by Crippen LogP contribution is -2.14. The topological polar surface area (TPSA) is 26.3 Å². The van der Waals surface area contributed by atoms with Crippen molar-refractivity contribution in [2.75, 3.05) is 7.11 Å². The van der Waals surface area contributed by atoms with Crippen LogP contribution in [0.25, 0.3) is 16.7 Å². The molecular formula is C23H26O2. The lowest BCUT2D eigenvalue weighted by Gasteiger charge is -2.27. The van der Waals surface area contributed by atoms with E-state index in [1.807, 2.05) is 12.1 Å². The van der Waals surface area contributed by atoms with Crippen LogP contribution in [0.15, 0.2) is 48.5 Å². The minimum absolute atomic E-state index is 0.113. The molecule has 0 spiro atoms. The molecule has 0 fully saturated rings. The highest BCUT2D eigenvalue weighted by atomic mass is 16.5. The van der Waals surface area contributed by atoms with Gasteiger partial charge in [0.25, 0.3) is 0 Å². The molecule has 130 valence electrons. The van der Waals surface area contributed by atoms with Gasteiger partial charge in [-0.25, -0.2) is 4.79 Å². The number of ether oxygens (including phenoxy) is 1. The average Bonchev–Trinajstić information content (AvgIpc) is 2.99. The highest BCUT2D eigenvalue weighted by Gasteiger charge is 2.32. The number of carbonyl (C=O) groups excluding carboxylic acids is 1. The Bertz CT molecular complexity index is 813. The summed E-state index contributed by atoms with van der Waals surface area (Å²) < 4.78 is 5.04. The van der Waals surface area contributed by atoms with Crippen LogP contribution in [0.3, 0.4) is 0 Å². The van der Waals surface area contributed by atoms with Gasteiger partial charge in [-0.2, -0.15) is 0 Å². The Morgan fingerprint density at radius 1 is 1.12 bits per heavy atom. The zero-order valence-electron chi connectivity index (χ0n) is 15.6. The molecule has 0 bridgehead atoms. The van der Waals surface area contributed by atoms with Crippen molar-refractivity contribution in [3.63, 3.8) is 0 Å². The number of esters is 1. The maximum absolute atomic E-state index is 12.3. The summed E-state index contributed by atoms with van der Waals surface area (Å²) in [6.07, 6.45) is 5.38. The van der Waals surface area contributed by atoms with Crippen LogP contribution in [-0.2, 0) is 11.2 Å². The Labute approximate surface area is 150 Å². The summed E-state index contributed by atoms with van der Waals surface area (Å²) in [5.41, 5.74) is 6.85. The van der Waals surface area contributed by atoms with E-state index in [0.717, 1.165) is 24.8 Å². The van der Waals surface area contributed by atoms with Gasteiger partial charge in [-0.05, 0) is 58.6 Å². The molecule has 25 heavy (non-hydrogen) atoms. The third-order valence-electron chi connectivity index (χ3n) is 5.27. The number of hydrogen-bond donors (Lipinski definition) is 0. The maximum atomic E-state index is 12.3. The number of methoxy groups -OCH3 is 1. The van der Waals surface area contributed by atoms with E-state index >= 15 is 0 Å². The molecule has 0 aliphatic heterocycles. The fourth-order valence-corrected chi connectivity index (χ4v) is 3.91. The minimum atomic E-state index is -0.255. The third-order valence-corrected chi connectivity index (χ3v) is 5.27. The standard InChI is InChI=1S/C23H26O2/c1-5-17-19(22(24)25-4)14-13-18(16-10-7-6-8-11-16)21(17)20-12-9-15-23(20,2)3/h6-8,10-14H,5,9,15H2,1-4H3. The van der Waals surface area contributed by atoms with E-state index in [1.165, 1.54) is 29.4 Å². The number of benzene rings is 2. The van der Waals surface area contributed by atoms with E-state index in [2.05, 4.69) is 57.2 Å². The van der Waals surface area contributed by atoms with Crippen LogP contribution in [-0.4, -0.2) is 13.1 Å². The first kappa shape index (κ1) is 17.5. The molecule has 0 unspecified atom stereocenters. The Morgan fingerprint density at radius 3 is 2.40 bits per heavy atom. The molecule has 0 radical (unpaired) electrons. The molecule has 0 atom stereocenters. The largest absolute Gasteiger partial charge is 0.465 e.